The number of hydrogen-bond donors (Lipinski definition) is 2. The minimum absolute atomic E-state index is 0.0145. The van der Waals surface area contributed by atoms with Gasteiger partial charge in [-0.15, -0.1) is 0 Å². The highest BCUT2D eigenvalue weighted by atomic mass is 16.6. The topological polar surface area (TPSA) is 84.3 Å². The van der Waals surface area contributed by atoms with Crippen molar-refractivity contribution in [2.75, 3.05) is 11.9 Å². The molecule has 0 aromatic heterocycles. The Labute approximate surface area is 125 Å². The van der Waals surface area contributed by atoms with Gasteiger partial charge in [-0.05, 0) is 31.4 Å². The average molecular weight is 293 g/mol. The molecule has 0 saturated heterocycles. The zero-order chi connectivity index (χ0) is 16.2. The molecule has 1 aromatic rings. The van der Waals surface area contributed by atoms with Gasteiger partial charge in [0.2, 0.25) is 0 Å². The number of anilines is 1. The number of nitro benzene ring substituents is 1. The van der Waals surface area contributed by atoms with E-state index in [0.29, 0.717) is 17.8 Å². The first kappa shape index (κ1) is 16.9. The molecule has 1 rings (SSSR count). The van der Waals surface area contributed by atoms with Gasteiger partial charge in [0.1, 0.15) is 5.69 Å². The van der Waals surface area contributed by atoms with E-state index in [9.17, 15) is 14.9 Å². The number of nitrogens with zero attached hydrogens (tertiary/aromatic N) is 1. The molecular formula is C15H23N3O3. The molecule has 0 aliphatic rings. The SMILES string of the molecule is CCNC(=O)c1ccc([N+](=O)[O-])c(NC(C)C(C)(C)C)c1. The van der Waals surface area contributed by atoms with Crippen LogP contribution in [0.1, 0.15) is 45.0 Å². The van der Waals surface area contributed by atoms with E-state index in [1.165, 1.54) is 18.2 Å². The molecule has 1 unspecified atom stereocenters. The molecule has 0 aliphatic carbocycles. The van der Waals surface area contributed by atoms with Gasteiger partial charge in [0.25, 0.3) is 11.6 Å². The first-order valence-electron chi connectivity index (χ1n) is 7.00. The van der Waals surface area contributed by atoms with Crippen LogP contribution in [0.15, 0.2) is 18.2 Å². The number of rotatable bonds is 5. The van der Waals surface area contributed by atoms with Crippen LogP contribution in [0.2, 0.25) is 0 Å². The summed E-state index contributed by atoms with van der Waals surface area (Å²) in [6, 6.07) is 4.38. The molecule has 6 heteroatoms. The molecule has 1 amide bonds. The molecule has 0 spiro atoms. The van der Waals surface area contributed by atoms with Crippen molar-refractivity contribution in [3.63, 3.8) is 0 Å². The first-order valence-corrected chi connectivity index (χ1v) is 7.00. The van der Waals surface area contributed by atoms with Crippen molar-refractivity contribution in [2.24, 2.45) is 5.41 Å². The fourth-order valence-electron chi connectivity index (χ4n) is 1.66. The second-order valence-electron chi connectivity index (χ2n) is 6.08. The highest BCUT2D eigenvalue weighted by Gasteiger charge is 2.24. The highest BCUT2D eigenvalue weighted by Crippen LogP contribution is 2.30. The number of nitrogens with one attached hydrogen (secondary N) is 2. The minimum atomic E-state index is -0.445. The van der Waals surface area contributed by atoms with Gasteiger partial charge in [0, 0.05) is 24.2 Å². The molecule has 2 N–H and O–H groups in total. The Morgan fingerprint density at radius 3 is 2.48 bits per heavy atom. The normalized spacial score (nSPS) is 12.6. The van der Waals surface area contributed by atoms with Crippen LogP contribution >= 0.6 is 0 Å². The highest BCUT2D eigenvalue weighted by molar-refractivity contribution is 5.95. The van der Waals surface area contributed by atoms with Gasteiger partial charge in [-0.2, -0.15) is 0 Å². The molecule has 0 bridgehead atoms. The van der Waals surface area contributed by atoms with E-state index in [2.05, 4.69) is 10.6 Å². The molecule has 21 heavy (non-hydrogen) atoms. The van der Waals surface area contributed by atoms with Gasteiger partial charge in [-0.25, -0.2) is 0 Å². The maximum Gasteiger partial charge on any atom is 0.292 e. The number of carbonyl (C=O) groups is 1. The van der Waals surface area contributed by atoms with Gasteiger partial charge in [0.15, 0.2) is 0 Å². The molecule has 0 heterocycles. The average Bonchev–Trinajstić information content (AvgIpc) is 2.37. The lowest BCUT2D eigenvalue weighted by molar-refractivity contribution is -0.384. The summed E-state index contributed by atoms with van der Waals surface area (Å²) in [5, 5.41) is 17.0. The van der Waals surface area contributed by atoms with E-state index in [4.69, 9.17) is 0 Å². The largest absolute Gasteiger partial charge is 0.376 e. The second-order valence-corrected chi connectivity index (χ2v) is 6.08. The number of hydrogen-bond acceptors (Lipinski definition) is 4. The predicted molar refractivity (Wildman–Crippen MR) is 83.6 cm³/mol. The summed E-state index contributed by atoms with van der Waals surface area (Å²) in [7, 11) is 0. The number of benzene rings is 1. The Bertz CT molecular complexity index is 535. The molecule has 0 fully saturated rings. The Hall–Kier alpha value is -2.11. The van der Waals surface area contributed by atoms with E-state index < -0.39 is 4.92 Å². The summed E-state index contributed by atoms with van der Waals surface area (Å²) in [5.74, 6) is -0.237. The molecule has 1 atom stereocenters. The number of amides is 1. The molecule has 0 radical (unpaired) electrons. The third-order valence-electron chi connectivity index (χ3n) is 3.46. The first-order chi connectivity index (χ1) is 9.66. The van der Waals surface area contributed by atoms with Crippen LogP contribution < -0.4 is 10.6 Å². The summed E-state index contributed by atoms with van der Waals surface area (Å²) in [6.45, 7) is 10.4. The third-order valence-corrected chi connectivity index (χ3v) is 3.46. The van der Waals surface area contributed by atoms with Crippen molar-refractivity contribution in [3.05, 3.63) is 33.9 Å². The van der Waals surface area contributed by atoms with Gasteiger partial charge < -0.3 is 10.6 Å². The van der Waals surface area contributed by atoms with Crippen LogP contribution in [-0.2, 0) is 0 Å². The van der Waals surface area contributed by atoms with Crippen molar-refractivity contribution < 1.29 is 9.72 Å². The fraction of sp³-hybridized carbons (Fsp3) is 0.533. The van der Waals surface area contributed by atoms with Crippen LogP contribution in [0.3, 0.4) is 0 Å². The van der Waals surface area contributed by atoms with E-state index in [1.54, 1.807) is 0 Å². The van der Waals surface area contributed by atoms with Crippen LogP contribution in [0.5, 0.6) is 0 Å². The second kappa shape index (κ2) is 6.56. The fourth-order valence-corrected chi connectivity index (χ4v) is 1.66. The van der Waals surface area contributed by atoms with Crippen molar-refractivity contribution in [1.82, 2.24) is 5.32 Å². The zero-order valence-electron chi connectivity index (χ0n) is 13.2. The van der Waals surface area contributed by atoms with E-state index >= 15 is 0 Å². The quantitative estimate of drug-likeness (QED) is 0.645. The summed E-state index contributed by atoms with van der Waals surface area (Å²) in [6.07, 6.45) is 0. The van der Waals surface area contributed by atoms with Crippen molar-refractivity contribution in [2.45, 2.75) is 40.7 Å². The summed E-state index contributed by atoms with van der Waals surface area (Å²) in [4.78, 5) is 22.5. The molecule has 0 aliphatic heterocycles. The zero-order valence-corrected chi connectivity index (χ0v) is 13.2. The molecule has 6 nitrogen and oxygen atoms in total. The maximum absolute atomic E-state index is 11.9. The number of carbonyl (C=O) groups excluding carboxylic acids is 1. The van der Waals surface area contributed by atoms with Crippen molar-refractivity contribution in [3.8, 4) is 0 Å². The summed E-state index contributed by atoms with van der Waals surface area (Å²) >= 11 is 0. The summed E-state index contributed by atoms with van der Waals surface area (Å²) < 4.78 is 0. The summed E-state index contributed by atoms with van der Waals surface area (Å²) in [5.41, 5.74) is 0.687. The lowest BCUT2D eigenvalue weighted by atomic mass is 9.88. The lowest BCUT2D eigenvalue weighted by Gasteiger charge is -2.29. The van der Waals surface area contributed by atoms with Crippen LogP contribution in [0.4, 0.5) is 11.4 Å². The predicted octanol–water partition coefficient (Wildman–Crippen LogP) is 3.19. The third kappa shape index (κ3) is 4.44. The van der Waals surface area contributed by atoms with Gasteiger partial charge >= 0.3 is 0 Å². The van der Waals surface area contributed by atoms with Crippen LogP contribution in [-0.4, -0.2) is 23.4 Å². The Morgan fingerprint density at radius 1 is 1.38 bits per heavy atom. The molecule has 0 saturated carbocycles. The molecular weight excluding hydrogens is 270 g/mol. The maximum atomic E-state index is 11.9. The monoisotopic (exact) mass is 293 g/mol. The van der Waals surface area contributed by atoms with Crippen molar-refractivity contribution in [1.29, 1.82) is 0 Å². The number of nitro groups is 1. The van der Waals surface area contributed by atoms with Crippen LogP contribution in [0, 0.1) is 15.5 Å². The Balaban J connectivity index is 3.16. The Morgan fingerprint density at radius 2 is 2.00 bits per heavy atom. The van der Waals surface area contributed by atoms with Crippen LogP contribution in [0.25, 0.3) is 0 Å². The van der Waals surface area contributed by atoms with Gasteiger partial charge in [-0.1, -0.05) is 20.8 Å². The van der Waals surface area contributed by atoms with Gasteiger partial charge in [-0.3, -0.25) is 14.9 Å². The van der Waals surface area contributed by atoms with E-state index in [0.717, 1.165) is 0 Å². The minimum Gasteiger partial charge on any atom is -0.376 e. The van der Waals surface area contributed by atoms with E-state index in [-0.39, 0.29) is 23.1 Å². The Kier molecular flexibility index (Phi) is 5.29. The molecule has 1 aromatic carbocycles. The molecule has 116 valence electrons. The van der Waals surface area contributed by atoms with Gasteiger partial charge in [0.05, 0.1) is 4.92 Å². The smallest absolute Gasteiger partial charge is 0.292 e. The van der Waals surface area contributed by atoms with E-state index in [1.807, 2.05) is 34.6 Å². The lowest BCUT2D eigenvalue weighted by Crippen LogP contribution is -2.31. The standard InChI is InChI=1S/C15H23N3O3/c1-6-16-14(19)11-7-8-13(18(20)21)12(9-11)17-10(2)15(3,4)5/h7-10,17H,6H2,1-5H3,(H,16,19). The van der Waals surface area contributed by atoms with Crippen molar-refractivity contribution >= 4 is 17.3 Å².